The molecule has 98 valence electrons. The summed E-state index contributed by atoms with van der Waals surface area (Å²) >= 11 is 0. The highest BCUT2D eigenvalue weighted by molar-refractivity contribution is 5.96. The van der Waals surface area contributed by atoms with Crippen molar-refractivity contribution in [2.45, 2.75) is 6.92 Å². The van der Waals surface area contributed by atoms with Crippen LogP contribution in [0.2, 0.25) is 0 Å². The van der Waals surface area contributed by atoms with Crippen LogP contribution in [0.15, 0.2) is 42.5 Å². The van der Waals surface area contributed by atoms with Gasteiger partial charge in [0.15, 0.2) is 12.6 Å². The number of aromatic nitrogens is 1. The summed E-state index contributed by atoms with van der Waals surface area (Å²) in [6.45, 7) is 1.85. The number of carbonyl (C=O) groups is 2. The van der Waals surface area contributed by atoms with Crippen LogP contribution in [0, 0.1) is 6.92 Å². The first kappa shape index (κ1) is 12.4. The van der Waals surface area contributed by atoms with E-state index in [-0.39, 0.29) is 0 Å². The molecular weight excluding hydrogens is 250 g/mol. The Kier molecular flexibility index (Phi) is 2.95. The number of hydrogen-bond acceptors (Lipinski definition) is 2. The highest BCUT2D eigenvalue weighted by atomic mass is 16.1. The molecule has 0 saturated carbocycles. The third-order valence-corrected chi connectivity index (χ3v) is 3.63. The van der Waals surface area contributed by atoms with Crippen molar-refractivity contribution in [2.24, 2.45) is 0 Å². The first-order valence-electron chi connectivity index (χ1n) is 6.37. The largest absolute Gasteiger partial charge is 0.352 e. The zero-order valence-electron chi connectivity index (χ0n) is 11.0. The molecule has 1 heterocycles. The lowest BCUT2D eigenvalue weighted by Crippen LogP contribution is -1.87. The van der Waals surface area contributed by atoms with E-state index in [1.807, 2.05) is 49.4 Å². The predicted octanol–water partition coefficient (Wildman–Crippen LogP) is 3.72. The fraction of sp³-hybridized carbons (Fsp3) is 0.0588. The minimum Gasteiger partial charge on any atom is -0.352 e. The number of nitrogens with one attached hydrogen (secondary N) is 1. The molecule has 0 amide bonds. The Hall–Kier alpha value is -2.68. The van der Waals surface area contributed by atoms with E-state index in [0.717, 1.165) is 34.2 Å². The minimum absolute atomic E-state index is 0.335. The molecule has 0 spiro atoms. The van der Waals surface area contributed by atoms with Crippen LogP contribution >= 0.6 is 0 Å². The Labute approximate surface area is 116 Å². The van der Waals surface area contributed by atoms with Gasteiger partial charge in [-0.05, 0) is 23.6 Å². The monoisotopic (exact) mass is 263 g/mol. The number of carbonyl (C=O) groups excluding carboxylic acids is 2. The average molecular weight is 263 g/mol. The maximum Gasteiger partial charge on any atom is 0.167 e. The molecule has 1 aromatic heterocycles. The van der Waals surface area contributed by atoms with Crippen LogP contribution in [0.3, 0.4) is 0 Å². The lowest BCUT2D eigenvalue weighted by atomic mass is 10.0. The van der Waals surface area contributed by atoms with Gasteiger partial charge in [0.1, 0.15) is 0 Å². The molecule has 0 aliphatic heterocycles. The first-order chi connectivity index (χ1) is 9.76. The third kappa shape index (κ3) is 1.75. The van der Waals surface area contributed by atoms with Gasteiger partial charge in [-0.25, -0.2) is 0 Å². The summed E-state index contributed by atoms with van der Waals surface area (Å²) in [5.41, 5.74) is 5.63. The molecule has 1 N–H and O–H groups in total. The lowest BCUT2D eigenvalue weighted by molar-refractivity contribution is 0.109. The van der Waals surface area contributed by atoms with Gasteiger partial charge in [0.25, 0.3) is 0 Å². The van der Waals surface area contributed by atoms with Gasteiger partial charge in [-0.2, -0.15) is 0 Å². The Morgan fingerprint density at radius 3 is 2.40 bits per heavy atom. The average Bonchev–Trinajstić information content (AvgIpc) is 2.90. The van der Waals surface area contributed by atoms with Gasteiger partial charge < -0.3 is 4.98 Å². The Balaban J connectivity index is 2.26. The number of fused-ring (bicyclic) bond motifs is 1. The molecule has 2 aliphatic carbocycles. The lowest BCUT2D eigenvalue weighted by Gasteiger charge is -2.01. The summed E-state index contributed by atoms with van der Waals surface area (Å²) in [5, 5.41) is 0. The van der Waals surface area contributed by atoms with Crippen LogP contribution < -0.4 is 0 Å². The molecule has 2 aliphatic rings. The van der Waals surface area contributed by atoms with Crippen molar-refractivity contribution in [1.82, 2.24) is 4.98 Å². The summed E-state index contributed by atoms with van der Waals surface area (Å²) in [6.07, 6.45) is 1.41. The first-order valence-corrected chi connectivity index (χ1v) is 6.37. The van der Waals surface area contributed by atoms with E-state index in [4.69, 9.17) is 0 Å². The van der Waals surface area contributed by atoms with E-state index in [1.54, 1.807) is 0 Å². The molecule has 0 aromatic carbocycles. The predicted molar refractivity (Wildman–Crippen MR) is 78.4 cm³/mol. The maximum atomic E-state index is 11.1. The van der Waals surface area contributed by atoms with Gasteiger partial charge in [-0.15, -0.1) is 0 Å². The van der Waals surface area contributed by atoms with Gasteiger partial charge in [0.2, 0.25) is 0 Å². The molecule has 0 radical (unpaired) electrons. The van der Waals surface area contributed by atoms with Crippen LogP contribution in [0.1, 0.15) is 26.4 Å². The summed E-state index contributed by atoms with van der Waals surface area (Å²) in [5.74, 6) is 0. The molecule has 20 heavy (non-hydrogen) atoms. The summed E-state index contributed by atoms with van der Waals surface area (Å²) in [4.78, 5) is 25.2. The quantitative estimate of drug-likeness (QED) is 0.732. The number of aldehydes is 2. The Bertz CT molecular complexity index is 771. The Morgan fingerprint density at radius 2 is 1.70 bits per heavy atom. The van der Waals surface area contributed by atoms with E-state index in [9.17, 15) is 9.59 Å². The number of H-pyrrole nitrogens is 1. The molecule has 3 rings (SSSR count). The van der Waals surface area contributed by atoms with E-state index >= 15 is 0 Å². The van der Waals surface area contributed by atoms with E-state index < -0.39 is 0 Å². The highest BCUT2D eigenvalue weighted by Gasteiger charge is 2.18. The standard InChI is InChI=1S/C17H13NO2/c1-11-15(9-19)16(10-20)18-17(11)14-8-7-12-5-3-2-4-6-13(12)14/h2-10,18H,1H3. The zero-order valence-corrected chi connectivity index (χ0v) is 11.0. The van der Waals surface area contributed by atoms with Crippen LogP contribution in [0.25, 0.3) is 22.4 Å². The van der Waals surface area contributed by atoms with Crippen LogP contribution in [-0.2, 0) is 0 Å². The van der Waals surface area contributed by atoms with Crippen LogP contribution in [0.4, 0.5) is 0 Å². The molecule has 0 bridgehead atoms. The molecule has 3 heteroatoms. The van der Waals surface area contributed by atoms with E-state index in [0.29, 0.717) is 17.5 Å². The zero-order chi connectivity index (χ0) is 14.1. The molecule has 3 nitrogen and oxygen atoms in total. The number of rotatable bonds is 3. The second-order valence-corrected chi connectivity index (χ2v) is 4.71. The van der Waals surface area contributed by atoms with Crippen molar-refractivity contribution in [1.29, 1.82) is 0 Å². The molecule has 0 unspecified atom stereocenters. The summed E-state index contributed by atoms with van der Waals surface area (Å²) in [7, 11) is 0. The molecule has 0 atom stereocenters. The third-order valence-electron chi connectivity index (χ3n) is 3.63. The number of hydrogen-bond donors (Lipinski definition) is 1. The van der Waals surface area contributed by atoms with Gasteiger partial charge >= 0.3 is 0 Å². The SMILES string of the molecule is Cc1c(-c2ccc3cccccc2-3)[nH]c(C=O)c1C=O. The molecule has 0 fully saturated rings. The summed E-state index contributed by atoms with van der Waals surface area (Å²) in [6, 6.07) is 14.1. The second-order valence-electron chi connectivity index (χ2n) is 4.71. The minimum atomic E-state index is 0.335. The van der Waals surface area contributed by atoms with Crippen molar-refractivity contribution in [3.8, 4) is 22.4 Å². The van der Waals surface area contributed by atoms with Crippen molar-refractivity contribution in [3.05, 3.63) is 59.3 Å². The van der Waals surface area contributed by atoms with Crippen molar-refractivity contribution in [3.63, 3.8) is 0 Å². The molecule has 1 aromatic rings. The second kappa shape index (κ2) is 4.78. The molecular formula is C17H13NO2. The fourth-order valence-corrected chi connectivity index (χ4v) is 2.58. The highest BCUT2D eigenvalue weighted by Crippen LogP contribution is 2.36. The summed E-state index contributed by atoms with van der Waals surface area (Å²) < 4.78 is 0. The topological polar surface area (TPSA) is 49.9 Å². The van der Waals surface area contributed by atoms with Gasteiger partial charge in [-0.3, -0.25) is 9.59 Å². The normalized spacial score (nSPS) is 10.7. The molecule has 0 saturated heterocycles. The van der Waals surface area contributed by atoms with Gasteiger partial charge in [-0.1, -0.05) is 42.5 Å². The van der Waals surface area contributed by atoms with Gasteiger partial charge in [0.05, 0.1) is 11.4 Å². The number of aromatic amines is 1. The van der Waals surface area contributed by atoms with E-state index in [1.165, 1.54) is 0 Å². The van der Waals surface area contributed by atoms with Crippen LogP contribution in [-0.4, -0.2) is 17.6 Å². The smallest absolute Gasteiger partial charge is 0.167 e. The van der Waals surface area contributed by atoms with Crippen LogP contribution in [0.5, 0.6) is 0 Å². The van der Waals surface area contributed by atoms with Crippen molar-refractivity contribution >= 4 is 12.6 Å². The van der Waals surface area contributed by atoms with Gasteiger partial charge in [0, 0.05) is 11.1 Å². The van der Waals surface area contributed by atoms with Crippen molar-refractivity contribution < 1.29 is 9.59 Å². The Morgan fingerprint density at radius 1 is 0.900 bits per heavy atom. The fourth-order valence-electron chi connectivity index (χ4n) is 2.58. The maximum absolute atomic E-state index is 11.1. The van der Waals surface area contributed by atoms with E-state index in [2.05, 4.69) is 4.98 Å². The van der Waals surface area contributed by atoms with Crippen molar-refractivity contribution in [2.75, 3.05) is 0 Å².